The van der Waals surface area contributed by atoms with Gasteiger partial charge in [-0.1, -0.05) is 29.8 Å². The number of nitrogens with one attached hydrogen (secondary N) is 2. The molecule has 0 saturated carbocycles. The second-order valence-electron chi connectivity index (χ2n) is 5.52. The fourth-order valence-corrected chi connectivity index (χ4v) is 2.29. The van der Waals surface area contributed by atoms with Gasteiger partial charge in [0.25, 0.3) is 0 Å². The monoisotopic (exact) mass is 439 g/mol. The molecular formula is C19H26IN3O. The molecule has 0 atom stereocenters. The van der Waals surface area contributed by atoms with Crippen molar-refractivity contribution in [1.29, 1.82) is 0 Å². The van der Waals surface area contributed by atoms with Gasteiger partial charge in [-0.25, -0.2) is 4.99 Å². The predicted octanol–water partition coefficient (Wildman–Crippen LogP) is 3.98. The Morgan fingerprint density at radius 3 is 2.75 bits per heavy atom. The Morgan fingerprint density at radius 1 is 1.25 bits per heavy atom. The molecule has 4 nitrogen and oxygen atoms in total. The van der Waals surface area contributed by atoms with E-state index in [4.69, 9.17) is 4.42 Å². The maximum absolute atomic E-state index is 5.34. The minimum atomic E-state index is 0. The molecule has 0 spiro atoms. The number of hydrogen-bond donors (Lipinski definition) is 2. The summed E-state index contributed by atoms with van der Waals surface area (Å²) in [6.45, 7) is 10.1. The molecule has 5 heteroatoms. The van der Waals surface area contributed by atoms with Crippen molar-refractivity contribution in [2.75, 3.05) is 13.1 Å². The Hall–Kier alpha value is -1.76. The number of aliphatic imine (C=N–C) groups is 1. The fraction of sp³-hybridized carbons (Fsp3) is 0.316. The minimum Gasteiger partial charge on any atom is -0.469 e. The Kier molecular flexibility index (Phi) is 9.22. The zero-order chi connectivity index (χ0) is 16.5. The van der Waals surface area contributed by atoms with Crippen molar-refractivity contribution >= 4 is 29.9 Å². The van der Waals surface area contributed by atoms with Crippen LogP contribution in [0.4, 0.5) is 0 Å². The SMILES string of the molecule is C=CCNC(=NCc1ccc(C)cc1C)NCCc1ccco1.I. The first-order valence-corrected chi connectivity index (χ1v) is 7.90. The largest absolute Gasteiger partial charge is 0.469 e. The van der Waals surface area contributed by atoms with Crippen molar-refractivity contribution in [3.05, 3.63) is 71.7 Å². The van der Waals surface area contributed by atoms with Crippen molar-refractivity contribution in [1.82, 2.24) is 10.6 Å². The number of hydrogen-bond acceptors (Lipinski definition) is 2. The van der Waals surface area contributed by atoms with Crippen molar-refractivity contribution in [3.8, 4) is 0 Å². The first-order valence-electron chi connectivity index (χ1n) is 7.90. The van der Waals surface area contributed by atoms with Gasteiger partial charge in [-0.3, -0.25) is 0 Å². The Balaban J connectivity index is 0.00000288. The number of halogens is 1. The van der Waals surface area contributed by atoms with E-state index in [1.807, 2.05) is 18.2 Å². The number of nitrogens with zero attached hydrogens (tertiary/aromatic N) is 1. The van der Waals surface area contributed by atoms with Gasteiger partial charge in [-0.05, 0) is 37.1 Å². The lowest BCUT2D eigenvalue weighted by Crippen LogP contribution is -2.38. The van der Waals surface area contributed by atoms with E-state index in [0.717, 1.165) is 24.7 Å². The van der Waals surface area contributed by atoms with Crippen molar-refractivity contribution in [3.63, 3.8) is 0 Å². The summed E-state index contributed by atoms with van der Waals surface area (Å²) in [7, 11) is 0. The van der Waals surface area contributed by atoms with Crippen molar-refractivity contribution < 1.29 is 4.42 Å². The average molecular weight is 439 g/mol. The van der Waals surface area contributed by atoms with Crippen molar-refractivity contribution in [2.45, 2.75) is 26.8 Å². The van der Waals surface area contributed by atoms with Gasteiger partial charge in [0.2, 0.25) is 0 Å². The molecule has 0 radical (unpaired) electrons. The molecule has 0 aliphatic carbocycles. The lowest BCUT2D eigenvalue weighted by molar-refractivity contribution is 0.507. The van der Waals surface area contributed by atoms with Gasteiger partial charge in [-0.15, -0.1) is 30.6 Å². The van der Waals surface area contributed by atoms with Crippen LogP contribution < -0.4 is 10.6 Å². The third-order valence-corrected chi connectivity index (χ3v) is 3.56. The third-order valence-electron chi connectivity index (χ3n) is 3.56. The number of benzene rings is 1. The predicted molar refractivity (Wildman–Crippen MR) is 111 cm³/mol. The summed E-state index contributed by atoms with van der Waals surface area (Å²) in [6.07, 6.45) is 4.34. The van der Waals surface area contributed by atoms with Gasteiger partial charge in [0, 0.05) is 19.5 Å². The first-order chi connectivity index (χ1) is 11.2. The van der Waals surface area contributed by atoms with E-state index >= 15 is 0 Å². The standard InChI is InChI=1S/C19H25N3O.HI/c1-4-10-20-19(21-11-9-18-6-5-12-23-18)22-14-17-8-7-15(2)13-16(17)3;/h4-8,12-13H,1,9-11,14H2,2-3H3,(H2,20,21,22);1H. The fourth-order valence-electron chi connectivity index (χ4n) is 2.29. The van der Waals surface area contributed by atoms with E-state index in [-0.39, 0.29) is 24.0 Å². The third kappa shape index (κ3) is 6.78. The molecule has 0 amide bonds. The van der Waals surface area contributed by atoms with Crippen LogP contribution in [-0.2, 0) is 13.0 Å². The van der Waals surface area contributed by atoms with Gasteiger partial charge in [0.1, 0.15) is 5.76 Å². The summed E-state index contributed by atoms with van der Waals surface area (Å²) in [5, 5.41) is 6.57. The van der Waals surface area contributed by atoms with Gasteiger partial charge in [0.15, 0.2) is 5.96 Å². The Morgan fingerprint density at radius 2 is 2.08 bits per heavy atom. The molecule has 0 fully saturated rings. The average Bonchev–Trinajstić information content (AvgIpc) is 3.04. The number of rotatable bonds is 7. The maximum Gasteiger partial charge on any atom is 0.191 e. The van der Waals surface area contributed by atoms with E-state index < -0.39 is 0 Å². The van der Waals surface area contributed by atoms with Crippen LogP contribution in [0.5, 0.6) is 0 Å². The molecule has 130 valence electrons. The van der Waals surface area contributed by atoms with Crippen LogP contribution in [0.25, 0.3) is 0 Å². The van der Waals surface area contributed by atoms with Crippen molar-refractivity contribution in [2.24, 2.45) is 4.99 Å². The van der Waals surface area contributed by atoms with Gasteiger partial charge in [0.05, 0.1) is 12.8 Å². The molecule has 1 aromatic heterocycles. The second kappa shape index (κ2) is 10.9. The van der Waals surface area contributed by atoms with Crippen LogP contribution in [0.2, 0.25) is 0 Å². The molecule has 24 heavy (non-hydrogen) atoms. The van der Waals surface area contributed by atoms with Crippen LogP contribution in [-0.4, -0.2) is 19.0 Å². The smallest absolute Gasteiger partial charge is 0.191 e. The van der Waals surface area contributed by atoms with E-state index in [1.54, 1.807) is 6.26 Å². The summed E-state index contributed by atoms with van der Waals surface area (Å²) < 4.78 is 5.34. The van der Waals surface area contributed by atoms with E-state index in [1.165, 1.54) is 16.7 Å². The summed E-state index contributed by atoms with van der Waals surface area (Å²) in [5.74, 6) is 1.76. The highest BCUT2D eigenvalue weighted by Crippen LogP contribution is 2.11. The van der Waals surface area contributed by atoms with Gasteiger partial charge >= 0.3 is 0 Å². The molecule has 0 aliphatic heterocycles. The van der Waals surface area contributed by atoms with Crippen LogP contribution >= 0.6 is 24.0 Å². The summed E-state index contributed by atoms with van der Waals surface area (Å²) in [4.78, 5) is 4.66. The van der Waals surface area contributed by atoms with Crippen LogP contribution in [0, 0.1) is 13.8 Å². The molecule has 0 bridgehead atoms. The Bertz CT molecular complexity index is 651. The van der Waals surface area contributed by atoms with Gasteiger partial charge < -0.3 is 15.1 Å². The summed E-state index contributed by atoms with van der Waals surface area (Å²) >= 11 is 0. The van der Waals surface area contributed by atoms with Gasteiger partial charge in [-0.2, -0.15) is 0 Å². The molecular weight excluding hydrogens is 413 g/mol. The topological polar surface area (TPSA) is 49.6 Å². The molecule has 1 heterocycles. The van der Waals surface area contributed by atoms with E-state index in [0.29, 0.717) is 13.1 Å². The molecule has 2 aromatic rings. The number of guanidine groups is 1. The highest BCUT2D eigenvalue weighted by Gasteiger charge is 2.01. The van der Waals surface area contributed by atoms with Crippen LogP contribution in [0.15, 0.2) is 58.7 Å². The zero-order valence-corrected chi connectivity index (χ0v) is 16.7. The zero-order valence-electron chi connectivity index (χ0n) is 14.3. The lowest BCUT2D eigenvalue weighted by atomic mass is 10.1. The molecule has 0 saturated heterocycles. The highest BCUT2D eigenvalue weighted by molar-refractivity contribution is 14.0. The second-order valence-corrected chi connectivity index (χ2v) is 5.52. The molecule has 1 aromatic carbocycles. The number of furan rings is 1. The van der Waals surface area contributed by atoms with Crippen LogP contribution in [0.3, 0.4) is 0 Å². The normalized spacial score (nSPS) is 10.8. The van der Waals surface area contributed by atoms with E-state index in [2.05, 4.69) is 54.3 Å². The molecule has 2 rings (SSSR count). The quantitative estimate of drug-likeness (QED) is 0.297. The maximum atomic E-state index is 5.34. The first kappa shape index (κ1) is 20.3. The lowest BCUT2D eigenvalue weighted by Gasteiger charge is -2.11. The van der Waals surface area contributed by atoms with Crippen LogP contribution in [0.1, 0.15) is 22.5 Å². The van der Waals surface area contributed by atoms with E-state index in [9.17, 15) is 0 Å². The number of aryl methyl sites for hydroxylation is 2. The highest BCUT2D eigenvalue weighted by atomic mass is 127. The molecule has 2 N–H and O–H groups in total. The summed E-state index contributed by atoms with van der Waals surface area (Å²) in [5.41, 5.74) is 3.78. The molecule has 0 unspecified atom stereocenters. The Labute approximate surface area is 161 Å². The summed E-state index contributed by atoms with van der Waals surface area (Å²) in [6, 6.07) is 10.3. The molecule has 0 aliphatic rings. The minimum absolute atomic E-state index is 0.